The van der Waals surface area contributed by atoms with Crippen molar-refractivity contribution in [1.82, 2.24) is 9.80 Å². The molecule has 0 saturated carbocycles. The summed E-state index contributed by atoms with van der Waals surface area (Å²) in [6, 6.07) is 15.3. The molecule has 4 nitrogen and oxygen atoms in total. The summed E-state index contributed by atoms with van der Waals surface area (Å²) in [5, 5.41) is 0. The molecule has 0 N–H and O–H groups in total. The molecule has 144 valence electrons. The summed E-state index contributed by atoms with van der Waals surface area (Å²) in [5.74, 6) is -0.405. The van der Waals surface area contributed by atoms with Crippen LogP contribution in [0.1, 0.15) is 30.9 Å². The van der Waals surface area contributed by atoms with E-state index < -0.39 is 0 Å². The monoisotopic (exact) mass is 378 g/mol. The number of likely N-dealkylation sites (tertiary alicyclic amines) is 1. The van der Waals surface area contributed by atoms with Crippen molar-refractivity contribution < 1.29 is 14.0 Å². The number of carbonyl (C=O) groups is 2. The maximum atomic E-state index is 13.3. The van der Waals surface area contributed by atoms with Crippen LogP contribution >= 0.6 is 0 Å². The van der Waals surface area contributed by atoms with E-state index in [1.165, 1.54) is 17.0 Å². The first-order valence-electron chi connectivity index (χ1n) is 9.70. The number of carbonyl (C=O) groups excluding carboxylic acids is 2. The minimum absolute atomic E-state index is 0.140. The summed E-state index contributed by atoms with van der Waals surface area (Å²) in [5.41, 5.74) is 2.46. The first-order chi connectivity index (χ1) is 13.5. The Balaban J connectivity index is 1.71. The molecule has 0 spiro atoms. The molecule has 28 heavy (non-hydrogen) atoms. The highest BCUT2D eigenvalue weighted by Gasteiger charge is 2.42. The fraction of sp³-hybridized carbons (Fsp3) is 0.304. The van der Waals surface area contributed by atoms with Gasteiger partial charge in [0.05, 0.1) is 12.1 Å². The number of halogens is 1. The van der Waals surface area contributed by atoms with Crippen molar-refractivity contribution in [3.63, 3.8) is 0 Å². The third kappa shape index (κ3) is 3.44. The minimum Gasteiger partial charge on any atom is -0.366 e. The van der Waals surface area contributed by atoms with Gasteiger partial charge in [0.1, 0.15) is 11.5 Å². The van der Waals surface area contributed by atoms with E-state index in [0.717, 1.165) is 37.1 Å². The molecule has 5 heteroatoms. The van der Waals surface area contributed by atoms with Crippen LogP contribution in [0.5, 0.6) is 0 Å². The molecule has 1 fully saturated rings. The summed E-state index contributed by atoms with van der Waals surface area (Å²) in [4.78, 5) is 29.9. The molecule has 0 aromatic heterocycles. The van der Waals surface area contributed by atoms with Crippen LogP contribution in [0.3, 0.4) is 0 Å². The Hall–Kier alpha value is -2.95. The highest BCUT2D eigenvalue weighted by molar-refractivity contribution is 6.35. The third-order valence-corrected chi connectivity index (χ3v) is 5.43. The molecule has 1 unspecified atom stereocenters. The van der Waals surface area contributed by atoms with Crippen LogP contribution in [0.2, 0.25) is 0 Å². The Morgan fingerprint density at radius 1 is 1.00 bits per heavy atom. The number of piperidine rings is 1. The van der Waals surface area contributed by atoms with Gasteiger partial charge in [-0.1, -0.05) is 49.4 Å². The smallest absolute Gasteiger partial charge is 0.278 e. The van der Waals surface area contributed by atoms with Crippen molar-refractivity contribution in [2.45, 2.75) is 26.3 Å². The van der Waals surface area contributed by atoms with Crippen LogP contribution in [0.4, 0.5) is 4.39 Å². The fourth-order valence-electron chi connectivity index (χ4n) is 4.03. The lowest BCUT2D eigenvalue weighted by molar-refractivity contribution is -0.138. The first kappa shape index (κ1) is 18.4. The number of benzene rings is 2. The van der Waals surface area contributed by atoms with Crippen molar-refractivity contribution in [1.29, 1.82) is 0 Å². The number of rotatable bonds is 4. The van der Waals surface area contributed by atoms with Crippen molar-refractivity contribution in [2.24, 2.45) is 5.92 Å². The highest BCUT2D eigenvalue weighted by atomic mass is 19.1. The van der Waals surface area contributed by atoms with Crippen LogP contribution in [0, 0.1) is 11.7 Å². The molecule has 1 saturated heterocycles. The molecule has 2 aliphatic rings. The van der Waals surface area contributed by atoms with Crippen LogP contribution in [0.25, 0.3) is 5.57 Å². The van der Waals surface area contributed by atoms with E-state index in [-0.39, 0.29) is 24.2 Å². The van der Waals surface area contributed by atoms with Gasteiger partial charge in [-0.15, -0.1) is 0 Å². The van der Waals surface area contributed by atoms with Crippen LogP contribution < -0.4 is 0 Å². The fourth-order valence-corrected chi connectivity index (χ4v) is 4.03. The summed E-state index contributed by atoms with van der Waals surface area (Å²) >= 11 is 0. The quantitative estimate of drug-likeness (QED) is 0.759. The van der Waals surface area contributed by atoms with Crippen molar-refractivity contribution in [3.8, 4) is 0 Å². The van der Waals surface area contributed by atoms with Gasteiger partial charge in [-0.05, 0) is 42.0 Å². The van der Waals surface area contributed by atoms with E-state index in [4.69, 9.17) is 0 Å². The number of hydrogen-bond acceptors (Lipinski definition) is 3. The zero-order chi connectivity index (χ0) is 19.7. The number of amides is 2. The molecular formula is C23H23FN2O2. The average molecular weight is 378 g/mol. The number of hydrogen-bond donors (Lipinski definition) is 0. The molecule has 2 aromatic carbocycles. The minimum atomic E-state index is -0.339. The summed E-state index contributed by atoms with van der Waals surface area (Å²) in [6.45, 7) is 3.86. The molecule has 0 bridgehead atoms. The van der Waals surface area contributed by atoms with E-state index in [9.17, 15) is 14.0 Å². The van der Waals surface area contributed by atoms with Gasteiger partial charge < -0.3 is 4.90 Å². The zero-order valence-electron chi connectivity index (χ0n) is 15.9. The molecule has 2 aromatic rings. The predicted octanol–water partition coefficient (Wildman–Crippen LogP) is 3.84. The largest absolute Gasteiger partial charge is 0.366 e. The summed E-state index contributed by atoms with van der Waals surface area (Å²) in [7, 11) is 0. The van der Waals surface area contributed by atoms with Crippen molar-refractivity contribution in [2.75, 3.05) is 13.1 Å². The van der Waals surface area contributed by atoms with Gasteiger partial charge in [-0.2, -0.15) is 0 Å². The van der Waals surface area contributed by atoms with Gasteiger partial charge in [0, 0.05) is 13.1 Å². The Bertz CT molecular complexity index is 921. The zero-order valence-corrected chi connectivity index (χ0v) is 15.9. The van der Waals surface area contributed by atoms with Crippen molar-refractivity contribution >= 4 is 17.4 Å². The van der Waals surface area contributed by atoms with Gasteiger partial charge >= 0.3 is 0 Å². The summed E-state index contributed by atoms with van der Waals surface area (Å²) < 4.78 is 13.2. The maximum Gasteiger partial charge on any atom is 0.278 e. The lowest BCUT2D eigenvalue weighted by atomic mass is 9.98. The first-order valence-corrected chi connectivity index (χ1v) is 9.70. The highest BCUT2D eigenvalue weighted by Crippen LogP contribution is 2.34. The Morgan fingerprint density at radius 2 is 1.71 bits per heavy atom. The van der Waals surface area contributed by atoms with Crippen molar-refractivity contribution in [3.05, 3.63) is 77.2 Å². The lowest BCUT2D eigenvalue weighted by Gasteiger charge is -2.33. The van der Waals surface area contributed by atoms with Gasteiger partial charge in [-0.25, -0.2) is 4.39 Å². The lowest BCUT2D eigenvalue weighted by Crippen LogP contribution is -2.39. The average Bonchev–Trinajstić information content (AvgIpc) is 2.95. The van der Waals surface area contributed by atoms with Gasteiger partial charge in [0.2, 0.25) is 0 Å². The van der Waals surface area contributed by atoms with Crippen LogP contribution in [-0.2, 0) is 16.1 Å². The topological polar surface area (TPSA) is 40.6 Å². The SMILES string of the molecule is CC1CCCN(C2=C(c3ccccc3)C(=O)N(Cc3ccc(F)cc3)C2=O)C1. The number of imide groups is 1. The van der Waals surface area contributed by atoms with E-state index in [1.54, 1.807) is 12.1 Å². The second-order valence-electron chi connectivity index (χ2n) is 7.61. The Morgan fingerprint density at radius 3 is 2.39 bits per heavy atom. The molecule has 2 amide bonds. The Labute approximate surface area is 164 Å². The molecule has 2 heterocycles. The maximum absolute atomic E-state index is 13.3. The van der Waals surface area contributed by atoms with Crippen LogP contribution in [0.15, 0.2) is 60.3 Å². The van der Waals surface area contributed by atoms with Gasteiger partial charge in [-0.3, -0.25) is 14.5 Å². The predicted molar refractivity (Wildman–Crippen MR) is 105 cm³/mol. The van der Waals surface area contributed by atoms with E-state index in [1.807, 2.05) is 30.3 Å². The number of nitrogens with zero attached hydrogens (tertiary/aromatic N) is 2. The van der Waals surface area contributed by atoms with E-state index in [2.05, 4.69) is 11.8 Å². The van der Waals surface area contributed by atoms with Gasteiger partial charge in [0.15, 0.2) is 0 Å². The second kappa shape index (κ2) is 7.58. The molecular weight excluding hydrogens is 355 g/mol. The summed E-state index contributed by atoms with van der Waals surface area (Å²) in [6.07, 6.45) is 2.14. The van der Waals surface area contributed by atoms with Gasteiger partial charge in [0.25, 0.3) is 11.8 Å². The second-order valence-corrected chi connectivity index (χ2v) is 7.61. The molecule has 4 rings (SSSR count). The molecule has 1 atom stereocenters. The van der Waals surface area contributed by atoms with E-state index >= 15 is 0 Å². The molecule has 0 radical (unpaired) electrons. The Kier molecular flexibility index (Phi) is 4.99. The molecule has 2 aliphatic heterocycles. The van der Waals surface area contributed by atoms with Crippen LogP contribution in [-0.4, -0.2) is 34.7 Å². The third-order valence-electron chi connectivity index (χ3n) is 5.43. The molecule has 0 aliphatic carbocycles. The van der Waals surface area contributed by atoms with E-state index in [0.29, 0.717) is 17.2 Å². The standard InChI is InChI=1S/C23H23FN2O2/c1-16-6-5-13-25(14-16)21-20(18-7-3-2-4-8-18)22(27)26(23(21)28)15-17-9-11-19(24)12-10-17/h2-4,7-12,16H,5-6,13-15H2,1H3. The normalized spacial score (nSPS) is 20.3.